The molecule has 1 unspecified atom stereocenters. The molecule has 6 heteroatoms. The number of rotatable bonds is 41. The highest BCUT2D eigenvalue weighted by Crippen LogP contribution is 2.19. The Morgan fingerprint density at radius 1 is 0.304 bits per heavy atom. The molecule has 0 aliphatic carbocycles. The number of carbonyl (C=O) groups excluding carboxylic acids is 3. The number of hydrogen-bond acceptors (Lipinski definition) is 6. The smallest absolute Gasteiger partial charge is 0.306 e. The van der Waals surface area contributed by atoms with Gasteiger partial charge in [-0.3, -0.25) is 14.4 Å². The summed E-state index contributed by atoms with van der Waals surface area (Å²) in [5.41, 5.74) is 0. The molecule has 0 bridgehead atoms. The second-order valence-electron chi connectivity index (χ2n) is 17.3. The maximum atomic E-state index is 12.5. The predicted molar refractivity (Wildman–Crippen MR) is 240 cm³/mol. The fraction of sp³-hybridized carbons (Fsp3) is 0.940. The summed E-state index contributed by atoms with van der Waals surface area (Å²) in [5.74, 6) is -0.134. The molecule has 0 heterocycles. The van der Waals surface area contributed by atoms with Gasteiger partial charge in [0, 0.05) is 19.3 Å². The van der Waals surface area contributed by atoms with Crippen molar-refractivity contribution in [1.29, 1.82) is 0 Å². The van der Waals surface area contributed by atoms with E-state index in [1.807, 2.05) is 27.7 Å². The van der Waals surface area contributed by atoms with E-state index in [0.717, 1.165) is 57.8 Å². The lowest BCUT2D eigenvalue weighted by Gasteiger charge is -2.18. The third-order valence-electron chi connectivity index (χ3n) is 10.5. The van der Waals surface area contributed by atoms with Crippen molar-refractivity contribution in [1.82, 2.24) is 0 Å². The molecule has 0 rings (SSSR count). The van der Waals surface area contributed by atoms with Crippen molar-refractivity contribution < 1.29 is 28.6 Å². The van der Waals surface area contributed by atoms with E-state index in [1.54, 1.807) is 0 Å². The Hall–Kier alpha value is -1.59. The van der Waals surface area contributed by atoms with Gasteiger partial charge in [-0.05, 0) is 72.6 Å². The minimum Gasteiger partial charge on any atom is -0.463 e. The largest absolute Gasteiger partial charge is 0.463 e. The Bertz CT molecular complexity index is 796. The predicted octanol–water partition coefficient (Wildman–Crippen LogP) is 16.3. The highest BCUT2D eigenvalue weighted by Gasteiger charge is 2.14. The monoisotopic (exact) mass is 795 g/mol. The summed E-state index contributed by atoms with van der Waals surface area (Å²) in [7, 11) is 0. The maximum absolute atomic E-state index is 12.5. The molecule has 0 spiro atoms. The summed E-state index contributed by atoms with van der Waals surface area (Å²) < 4.78 is 16.1. The second-order valence-corrected chi connectivity index (χ2v) is 17.3. The molecule has 0 aliphatic rings. The van der Waals surface area contributed by atoms with Gasteiger partial charge in [0.2, 0.25) is 0 Å². The van der Waals surface area contributed by atoms with E-state index in [2.05, 4.69) is 20.8 Å². The molecule has 0 amide bonds. The molecular formula is C50H98O6. The summed E-state index contributed by atoms with van der Waals surface area (Å²) in [4.78, 5) is 35.1. The van der Waals surface area contributed by atoms with Gasteiger partial charge in [-0.15, -0.1) is 0 Å². The van der Waals surface area contributed by atoms with E-state index in [0.29, 0.717) is 19.3 Å². The van der Waals surface area contributed by atoms with Gasteiger partial charge in [0.1, 0.15) is 6.10 Å². The van der Waals surface area contributed by atoms with Crippen LogP contribution < -0.4 is 0 Å². The van der Waals surface area contributed by atoms with Crippen LogP contribution in [0.1, 0.15) is 286 Å². The second kappa shape index (κ2) is 46.1. The topological polar surface area (TPSA) is 78.9 Å². The first kappa shape index (κ1) is 56.5. The van der Waals surface area contributed by atoms with Crippen molar-refractivity contribution in [2.75, 3.05) is 0 Å². The van der Waals surface area contributed by atoms with Crippen molar-refractivity contribution in [2.24, 2.45) is 0 Å². The van der Waals surface area contributed by atoms with Crippen LogP contribution in [0.25, 0.3) is 0 Å². The third kappa shape index (κ3) is 48.6. The zero-order valence-electron chi connectivity index (χ0n) is 38.8. The SMILES string of the molecule is CC(C)OC(=O)CCCCCCCCC(=O)OC(C)C.CCCCCCCCCCCCCC(=O)OC(CCCCCCCC)CCCCCCCCCCC. The van der Waals surface area contributed by atoms with Crippen LogP contribution in [-0.4, -0.2) is 36.2 Å². The number of carbonyl (C=O) groups is 3. The molecule has 0 aromatic heterocycles. The van der Waals surface area contributed by atoms with Gasteiger partial charge >= 0.3 is 17.9 Å². The van der Waals surface area contributed by atoms with Gasteiger partial charge in [-0.2, -0.15) is 0 Å². The Labute approximate surface area is 349 Å². The first-order valence-electron chi connectivity index (χ1n) is 24.7. The first-order chi connectivity index (χ1) is 27.2. The number of ether oxygens (including phenoxy) is 3. The first-order valence-corrected chi connectivity index (χ1v) is 24.7. The number of unbranched alkanes of at least 4 members (excludes halogenated alkanes) is 28. The molecule has 0 saturated carbocycles. The van der Waals surface area contributed by atoms with Crippen molar-refractivity contribution >= 4 is 17.9 Å². The molecular weight excluding hydrogens is 697 g/mol. The van der Waals surface area contributed by atoms with Crippen LogP contribution in [0.2, 0.25) is 0 Å². The van der Waals surface area contributed by atoms with E-state index in [4.69, 9.17) is 14.2 Å². The minimum atomic E-state index is -0.101. The summed E-state index contributed by atoms with van der Waals surface area (Å²) in [5, 5.41) is 0. The molecule has 0 saturated heterocycles. The highest BCUT2D eigenvalue weighted by atomic mass is 16.5. The van der Waals surface area contributed by atoms with Gasteiger partial charge in [-0.1, -0.05) is 194 Å². The van der Waals surface area contributed by atoms with Gasteiger partial charge in [0.05, 0.1) is 12.2 Å². The normalized spacial score (nSPS) is 11.7. The standard InChI is InChI=1S/C34H68O2.C16H30O4/c1-4-7-10-13-16-18-19-21-23-26-29-32-34(35)36-33(30-27-24-15-12-9-6-3)31-28-25-22-20-17-14-11-8-5-2;1-13(2)19-15(17)11-9-7-5-6-8-10-12-16(18)20-14(3)4/h33H,4-32H2,1-3H3;13-14H,5-12H2,1-4H3. The van der Waals surface area contributed by atoms with E-state index in [-0.39, 0.29) is 36.2 Å². The van der Waals surface area contributed by atoms with E-state index >= 15 is 0 Å². The van der Waals surface area contributed by atoms with Crippen LogP contribution in [0.3, 0.4) is 0 Å². The van der Waals surface area contributed by atoms with Crippen LogP contribution in [-0.2, 0) is 28.6 Å². The Kier molecular flexibility index (Phi) is 46.5. The average Bonchev–Trinajstić information content (AvgIpc) is 3.15. The molecule has 0 fully saturated rings. The average molecular weight is 795 g/mol. The van der Waals surface area contributed by atoms with Crippen LogP contribution in [0, 0.1) is 0 Å². The van der Waals surface area contributed by atoms with E-state index < -0.39 is 0 Å². The zero-order chi connectivity index (χ0) is 41.7. The summed E-state index contributed by atoms with van der Waals surface area (Å²) in [6, 6.07) is 0. The van der Waals surface area contributed by atoms with Gasteiger partial charge < -0.3 is 14.2 Å². The lowest BCUT2D eigenvalue weighted by atomic mass is 10.0. The molecule has 6 nitrogen and oxygen atoms in total. The molecule has 0 aliphatic heterocycles. The molecule has 0 aromatic carbocycles. The van der Waals surface area contributed by atoms with Gasteiger partial charge in [0.25, 0.3) is 0 Å². The molecule has 0 aromatic rings. The summed E-state index contributed by atoms with van der Waals surface area (Å²) in [6.45, 7) is 14.3. The van der Waals surface area contributed by atoms with Crippen LogP contribution in [0.5, 0.6) is 0 Å². The minimum absolute atomic E-state index is 0.0203. The fourth-order valence-corrected chi connectivity index (χ4v) is 7.16. The molecule has 334 valence electrons. The van der Waals surface area contributed by atoms with Crippen molar-refractivity contribution in [3.05, 3.63) is 0 Å². The van der Waals surface area contributed by atoms with Crippen LogP contribution in [0.4, 0.5) is 0 Å². The Morgan fingerprint density at radius 2 is 0.518 bits per heavy atom. The summed E-state index contributed by atoms with van der Waals surface area (Å²) in [6.07, 6.45) is 44.6. The summed E-state index contributed by atoms with van der Waals surface area (Å²) >= 11 is 0. The maximum Gasteiger partial charge on any atom is 0.306 e. The van der Waals surface area contributed by atoms with Crippen molar-refractivity contribution in [3.63, 3.8) is 0 Å². The lowest BCUT2D eigenvalue weighted by molar-refractivity contribution is -0.150. The Balaban J connectivity index is 0. The van der Waals surface area contributed by atoms with Crippen molar-refractivity contribution in [2.45, 2.75) is 304 Å². The molecule has 0 radical (unpaired) electrons. The molecule has 56 heavy (non-hydrogen) atoms. The highest BCUT2D eigenvalue weighted by molar-refractivity contribution is 5.70. The number of hydrogen-bond donors (Lipinski definition) is 0. The Morgan fingerprint density at radius 3 is 0.768 bits per heavy atom. The van der Waals surface area contributed by atoms with Crippen LogP contribution >= 0.6 is 0 Å². The quantitative estimate of drug-likeness (QED) is 0.0348. The van der Waals surface area contributed by atoms with Gasteiger partial charge in [-0.25, -0.2) is 0 Å². The van der Waals surface area contributed by atoms with E-state index in [1.165, 1.54) is 161 Å². The van der Waals surface area contributed by atoms with Gasteiger partial charge in [0.15, 0.2) is 0 Å². The molecule has 0 N–H and O–H groups in total. The van der Waals surface area contributed by atoms with E-state index in [9.17, 15) is 14.4 Å². The zero-order valence-corrected chi connectivity index (χ0v) is 38.8. The molecule has 1 atom stereocenters. The van der Waals surface area contributed by atoms with Crippen molar-refractivity contribution in [3.8, 4) is 0 Å². The fourth-order valence-electron chi connectivity index (χ4n) is 7.16. The number of esters is 3. The third-order valence-corrected chi connectivity index (χ3v) is 10.5. The lowest BCUT2D eigenvalue weighted by Crippen LogP contribution is -2.18. The van der Waals surface area contributed by atoms with Crippen LogP contribution in [0.15, 0.2) is 0 Å².